The van der Waals surface area contributed by atoms with Gasteiger partial charge in [0.05, 0.1) is 5.02 Å². The summed E-state index contributed by atoms with van der Waals surface area (Å²) in [7, 11) is 0. The summed E-state index contributed by atoms with van der Waals surface area (Å²) in [6, 6.07) is 2.98. The summed E-state index contributed by atoms with van der Waals surface area (Å²) in [6.45, 7) is 0. The molecule has 1 aromatic carbocycles. The maximum absolute atomic E-state index is 13.4. The predicted molar refractivity (Wildman–Crippen MR) is 54.2 cm³/mol. The van der Waals surface area contributed by atoms with Gasteiger partial charge in [0.2, 0.25) is 0 Å². The Kier molecular flexibility index (Phi) is 2.13. The highest BCUT2D eigenvalue weighted by Crippen LogP contribution is 2.48. The minimum Gasteiger partial charge on any atom is -0.321 e. The SMILES string of the molecule is NC1(c2c(F)ccc(Br)c2Cl)CC1. The lowest BCUT2D eigenvalue weighted by Gasteiger charge is -2.13. The van der Waals surface area contributed by atoms with Crippen molar-refractivity contribution < 1.29 is 4.39 Å². The lowest BCUT2D eigenvalue weighted by Crippen LogP contribution is -2.21. The van der Waals surface area contributed by atoms with Crippen LogP contribution in [0.5, 0.6) is 0 Å². The molecule has 1 nitrogen and oxygen atoms in total. The van der Waals surface area contributed by atoms with Crippen LogP contribution in [0.3, 0.4) is 0 Å². The molecule has 0 amide bonds. The van der Waals surface area contributed by atoms with E-state index >= 15 is 0 Å². The molecule has 1 saturated carbocycles. The van der Waals surface area contributed by atoms with Gasteiger partial charge in [-0.2, -0.15) is 0 Å². The summed E-state index contributed by atoms with van der Waals surface area (Å²) in [6.07, 6.45) is 1.61. The second kappa shape index (κ2) is 2.94. The molecule has 0 atom stereocenters. The molecule has 70 valence electrons. The molecule has 1 aliphatic rings. The van der Waals surface area contributed by atoms with Gasteiger partial charge in [0.25, 0.3) is 0 Å². The van der Waals surface area contributed by atoms with Gasteiger partial charge in [-0.05, 0) is 40.9 Å². The van der Waals surface area contributed by atoms with E-state index in [1.165, 1.54) is 6.07 Å². The first kappa shape index (κ1) is 9.44. The van der Waals surface area contributed by atoms with E-state index in [1.807, 2.05) is 0 Å². The van der Waals surface area contributed by atoms with Crippen molar-refractivity contribution in [3.8, 4) is 0 Å². The average Bonchev–Trinajstić information content (AvgIpc) is 2.78. The lowest BCUT2D eigenvalue weighted by molar-refractivity contribution is 0.578. The van der Waals surface area contributed by atoms with E-state index in [0.717, 1.165) is 12.8 Å². The van der Waals surface area contributed by atoms with Crippen molar-refractivity contribution in [3.63, 3.8) is 0 Å². The number of hydrogen-bond donors (Lipinski definition) is 1. The van der Waals surface area contributed by atoms with Crippen molar-refractivity contribution >= 4 is 27.5 Å². The van der Waals surface area contributed by atoms with Crippen molar-refractivity contribution in [2.45, 2.75) is 18.4 Å². The van der Waals surface area contributed by atoms with Gasteiger partial charge >= 0.3 is 0 Å². The molecular formula is C9H8BrClFN. The molecule has 0 unspecified atom stereocenters. The van der Waals surface area contributed by atoms with E-state index < -0.39 is 5.54 Å². The van der Waals surface area contributed by atoms with Gasteiger partial charge in [0.1, 0.15) is 5.82 Å². The third kappa shape index (κ3) is 1.49. The van der Waals surface area contributed by atoms with Gasteiger partial charge in [-0.1, -0.05) is 11.6 Å². The molecule has 0 saturated heterocycles. The first-order valence-corrected chi connectivity index (χ1v) is 5.14. The normalized spacial score (nSPS) is 18.8. The Morgan fingerprint density at radius 2 is 2.08 bits per heavy atom. The van der Waals surface area contributed by atoms with E-state index in [1.54, 1.807) is 6.07 Å². The van der Waals surface area contributed by atoms with E-state index in [4.69, 9.17) is 17.3 Å². The summed E-state index contributed by atoms with van der Waals surface area (Å²) in [5, 5.41) is 0.403. The Balaban J connectivity index is 2.61. The van der Waals surface area contributed by atoms with E-state index in [-0.39, 0.29) is 5.82 Å². The number of halogens is 3. The molecule has 2 rings (SSSR count). The Morgan fingerprint density at radius 1 is 1.46 bits per heavy atom. The Hall–Kier alpha value is -0.120. The molecule has 4 heteroatoms. The van der Waals surface area contributed by atoms with Crippen LogP contribution < -0.4 is 5.73 Å². The molecule has 13 heavy (non-hydrogen) atoms. The summed E-state index contributed by atoms with van der Waals surface area (Å²) >= 11 is 9.20. The topological polar surface area (TPSA) is 26.0 Å². The predicted octanol–water partition coefficient (Wildman–Crippen LogP) is 3.19. The Labute approximate surface area is 89.2 Å². The van der Waals surface area contributed by atoms with Crippen molar-refractivity contribution in [3.05, 3.63) is 33.0 Å². The van der Waals surface area contributed by atoms with Crippen LogP contribution in [0.1, 0.15) is 18.4 Å². The molecule has 0 heterocycles. The molecule has 1 fully saturated rings. The highest BCUT2D eigenvalue weighted by Gasteiger charge is 2.43. The smallest absolute Gasteiger partial charge is 0.129 e. The van der Waals surface area contributed by atoms with Crippen molar-refractivity contribution in [2.24, 2.45) is 5.73 Å². The summed E-state index contributed by atoms with van der Waals surface area (Å²) in [4.78, 5) is 0. The highest BCUT2D eigenvalue weighted by molar-refractivity contribution is 9.10. The first-order chi connectivity index (χ1) is 6.04. The minimum atomic E-state index is -0.523. The molecule has 0 spiro atoms. The quantitative estimate of drug-likeness (QED) is 0.775. The van der Waals surface area contributed by atoms with Crippen LogP contribution in [0.4, 0.5) is 4.39 Å². The fraction of sp³-hybridized carbons (Fsp3) is 0.333. The first-order valence-electron chi connectivity index (χ1n) is 3.97. The van der Waals surface area contributed by atoms with Gasteiger partial charge in [0.15, 0.2) is 0 Å². The van der Waals surface area contributed by atoms with E-state index in [9.17, 15) is 4.39 Å². The van der Waals surface area contributed by atoms with Crippen LogP contribution in [0, 0.1) is 5.82 Å². The molecule has 2 N–H and O–H groups in total. The summed E-state index contributed by atoms with van der Waals surface area (Å²) in [5.74, 6) is -0.312. The molecule has 0 bridgehead atoms. The number of rotatable bonds is 1. The van der Waals surface area contributed by atoms with Crippen LogP contribution in [-0.2, 0) is 5.54 Å². The minimum absolute atomic E-state index is 0.312. The fourth-order valence-corrected chi connectivity index (χ4v) is 2.04. The van der Waals surface area contributed by atoms with Crippen LogP contribution >= 0.6 is 27.5 Å². The highest BCUT2D eigenvalue weighted by atomic mass is 79.9. The van der Waals surface area contributed by atoms with Gasteiger partial charge in [-0.15, -0.1) is 0 Å². The van der Waals surface area contributed by atoms with E-state index in [2.05, 4.69) is 15.9 Å². The third-order valence-electron chi connectivity index (χ3n) is 2.33. The van der Waals surface area contributed by atoms with Gasteiger partial charge < -0.3 is 5.73 Å². The number of nitrogens with two attached hydrogens (primary N) is 1. The maximum Gasteiger partial charge on any atom is 0.129 e. The Morgan fingerprint density at radius 3 is 2.62 bits per heavy atom. The summed E-state index contributed by atoms with van der Waals surface area (Å²) in [5.41, 5.74) is 5.82. The van der Waals surface area contributed by atoms with Crippen LogP contribution in [0.2, 0.25) is 5.02 Å². The zero-order valence-corrected chi connectivity index (χ0v) is 9.12. The lowest BCUT2D eigenvalue weighted by atomic mass is 10.1. The second-order valence-electron chi connectivity index (χ2n) is 3.37. The monoisotopic (exact) mass is 263 g/mol. The molecule has 1 aromatic rings. The zero-order chi connectivity index (χ0) is 9.64. The third-order valence-corrected chi connectivity index (χ3v) is 3.61. The van der Waals surface area contributed by atoms with Crippen molar-refractivity contribution in [2.75, 3.05) is 0 Å². The number of hydrogen-bond acceptors (Lipinski definition) is 1. The molecule has 0 radical (unpaired) electrons. The summed E-state index contributed by atoms with van der Waals surface area (Å²) < 4.78 is 14.1. The molecule has 0 aliphatic heterocycles. The largest absolute Gasteiger partial charge is 0.321 e. The van der Waals surface area contributed by atoms with Crippen LogP contribution in [0.25, 0.3) is 0 Å². The fourth-order valence-electron chi connectivity index (χ4n) is 1.37. The average molecular weight is 265 g/mol. The standard InChI is InChI=1S/C9H8BrClFN/c10-5-1-2-6(12)7(8(5)11)9(13)3-4-9/h1-2H,3-4,13H2. The second-order valence-corrected chi connectivity index (χ2v) is 4.61. The molecular weight excluding hydrogens is 256 g/mol. The van der Waals surface area contributed by atoms with Crippen LogP contribution in [0.15, 0.2) is 16.6 Å². The Bertz CT molecular complexity index is 363. The van der Waals surface area contributed by atoms with Crippen LogP contribution in [-0.4, -0.2) is 0 Å². The molecule has 1 aliphatic carbocycles. The van der Waals surface area contributed by atoms with Gasteiger partial charge in [-0.25, -0.2) is 4.39 Å². The van der Waals surface area contributed by atoms with Gasteiger partial charge in [0, 0.05) is 15.6 Å². The van der Waals surface area contributed by atoms with Crippen molar-refractivity contribution in [1.29, 1.82) is 0 Å². The molecule has 0 aromatic heterocycles. The van der Waals surface area contributed by atoms with Gasteiger partial charge in [-0.3, -0.25) is 0 Å². The van der Waals surface area contributed by atoms with Crippen molar-refractivity contribution in [1.82, 2.24) is 0 Å². The maximum atomic E-state index is 13.4. The van der Waals surface area contributed by atoms with E-state index in [0.29, 0.717) is 15.1 Å². The number of benzene rings is 1. The zero-order valence-electron chi connectivity index (χ0n) is 6.78.